The summed E-state index contributed by atoms with van der Waals surface area (Å²) in [6.07, 6.45) is 0. The maximum absolute atomic E-state index is 11.6. The number of halogens is 2. The second-order valence-electron chi connectivity index (χ2n) is 10.9. The van der Waals surface area contributed by atoms with Crippen molar-refractivity contribution < 1.29 is 56.0 Å². The van der Waals surface area contributed by atoms with E-state index in [1.165, 1.54) is 12.1 Å². The van der Waals surface area contributed by atoms with Crippen LogP contribution in [-0.4, -0.2) is 155 Å². The third-order valence-electron chi connectivity index (χ3n) is 7.39. The molecule has 0 spiro atoms. The molecule has 6 N–H and O–H groups in total. The number of hydrogen-bond donors (Lipinski definition) is 6. The third kappa shape index (κ3) is 12.2. The minimum absolute atomic E-state index is 0. The van der Waals surface area contributed by atoms with Gasteiger partial charge in [0.1, 0.15) is 44.0 Å². The minimum atomic E-state index is -4.75. The van der Waals surface area contributed by atoms with Gasteiger partial charge in [0.25, 0.3) is 20.2 Å². The normalized spacial score (nSPS) is 11.3. The first-order chi connectivity index (χ1) is 25.4. The number of phenols is 2. The molecule has 0 aliphatic rings. The van der Waals surface area contributed by atoms with Crippen molar-refractivity contribution in [2.24, 2.45) is 20.5 Å². The number of rotatable bonds is 8. The molecule has 0 saturated carbocycles. The van der Waals surface area contributed by atoms with E-state index < -0.39 is 64.5 Å². The summed E-state index contributed by atoms with van der Waals surface area (Å²) < 4.78 is 65.0. The number of aromatic hydroxyl groups is 2. The van der Waals surface area contributed by atoms with Gasteiger partial charge >= 0.3 is 11.9 Å². The van der Waals surface area contributed by atoms with Crippen LogP contribution in [0.4, 0.5) is 22.7 Å². The van der Waals surface area contributed by atoms with Crippen molar-refractivity contribution in [3.63, 3.8) is 0 Å². The first-order valence-electron chi connectivity index (χ1n) is 14.7. The molecule has 57 heavy (non-hydrogen) atoms. The summed E-state index contributed by atoms with van der Waals surface area (Å²) in [7, 11) is -9.50. The van der Waals surface area contributed by atoms with E-state index in [0.717, 1.165) is 35.0 Å². The second kappa shape index (κ2) is 21.0. The molecule has 280 valence electrons. The van der Waals surface area contributed by atoms with Crippen LogP contribution in [0.2, 0.25) is 10.0 Å². The fourth-order valence-corrected chi connectivity index (χ4v) is 6.77. The largest absolute Gasteiger partial charge is 0.506 e. The summed E-state index contributed by atoms with van der Waals surface area (Å²) in [5.74, 6) is -3.24. The zero-order valence-corrected chi connectivity index (χ0v) is 38.8. The monoisotopic (exact) mass is 898 g/mol. The van der Waals surface area contributed by atoms with Gasteiger partial charge in [0.2, 0.25) is 0 Å². The van der Waals surface area contributed by atoms with Gasteiger partial charge in [0.15, 0.2) is 0 Å². The number of hydrogen-bond acceptors (Lipinski definition) is 12. The Bertz CT molecular complexity index is 2630. The van der Waals surface area contributed by atoms with E-state index in [1.807, 2.05) is 0 Å². The molecule has 0 heterocycles. The van der Waals surface area contributed by atoms with Crippen LogP contribution in [0.3, 0.4) is 0 Å². The van der Waals surface area contributed by atoms with Crippen LogP contribution in [0, 0.1) is 0 Å². The molecule has 0 saturated heterocycles. The molecule has 0 amide bonds. The standard InChI is InChI=1S/2C17H11ClN2O6S.Ca.2Na/c2*18-12-8-15(27(24,25)26)13(7-11(12)17(22)23)19-20-16-10-4-2-1-3-9(10)5-6-14(16)21;;;/h2*1-8,21H,(H,22,23)(H,24,25,26);;;. The van der Waals surface area contributed by atoms with Gasteiger partial charge in [-0.25, -0.2) is 9.59 Å². The number of carbonyl (C=O) groups is 2. The molecule has 0 unspecified atom stereocenters. The minimum Gasteiger partial charge on any atom is -0.506 e. The third-order valence-corrected chi connectivity index (χ3v) is 9.78. The average Bonchev–Trinajstić information content (AvgIpc) is 3.10. The number of phenolic OH excluding ortho intramolecular Hbond substituents is 2. The predicted molar refractivity (Wildman–Crippen MR) is 213 cm³/mol. The van der Waals surface area contributed by atoms with Gasteiger partial charge in [-0.2, -0.15) is 16.8 Å². The Hall–Kier alpha value is -2.76. The van der Waals surface area contributed by atoms with Crippen LogP contribution in [0.15, 0.2) is 127 Å². The maximum Gasteiger partial charge on any atom is 0.337 e. The summed E-state index contributed by atoms with van der Waals surface area (Å²) in [5, 5.41) is 55.5. The topological polar surface area (TPSA) is 273 Å². The molecule has 23 heteroatoms. The first-order valence-corrected chi connectivity index (χ1v) is 18.3. The number of azo groups is 2. The van der Waals surface area contributed by atoms with E-state index in [2.05, 4.69) is 20.5 Å². The van der Waals surface area contributed by atoms with Crippen LogP contribution in [0.1, 0.15) is 20.7 Å². The van der Waals surface area contributed by atoms with Gasteiger partial charge in [-0.3, -0.25) is 9.11 Å². The van der Waals surface area contributed by atoms with Crippen LogP contribution in [0.25, 0.3) is 21.5 Å². The zero-order chi connectivity index (χ0) is 39.5. The predicted octanol–water partition coefficient (Wildman–Crippen LogP) is 7.98. The number of aromatic carboxylic acids is 2. The summed E-state index contributed by atoms with van der Waals surface area (Å²) in [5.41, 5.74) is -1.60. The Morgan fingerprint density at radius 3 is 1.18 bits per heavy atom. The van der Waals surface area contributed by atoms with E-state index in [-0.39, 0.29) is 130 Å². The molecule has 16 nitrogen and oxygen atoms in total. The van der Waals surface area contributed by atoms with Crippen molar-refractivity contribution in [1.29, 1.82) is 0 Å². The number of carboxylic acids is 2. The second-order valence-corrected chi connectivity index (χ2v) is 14.5. The molecular weight excluding hydrogens is 877 g/mol. The molecule has 0 atom stereocenters. The molecule has 6 rings (SSSR count). The van der Waals surface area contributed by atoms with Crippen molar-refractivity contribution in [1.82, 2.24) is 0 Å². The van der Waals surface area contributed by atoms with Crippen molar-refractivity contribution >= 4 is 197 Å². The van der Waals surface area contributed by atoms with Crippen LogP contribution < -0.4 is 0 Å². The van der Waals surface area contributed by atoms with Gasteiger partial charge in [0.05, 0.1) is 21.2 Å². The smallest absolute Gasteiger partial charge is 0.337 e. The molecule has 6 aromatic rings. The van der Waals surface area contributed by atoms with Gasteiger partial charge in [0, 0.05) is 108 Å². The Morgan fingerprint density at radius 2 is 0.860 bits per heavy atom. The molecular formula is C34H22CaCl2N4Na2O12S2. The molecule has 6 aromatic carbocycles. The van der Waals surface area contributed by atoms with E-state index >= 15 is 0 Å². The van der Waals surface area contributed by atoms with Crippen molar-refractivity contribution in [2.75, 3.05) is 0 Å². The van der Waals surface area contributed by atoms with Gasteiger partial charge in [-0.15, -0.1) is 20.5 Å². The molecule has 0 aliphatic carbocycles. The van der Waals surface area contributed by atoms with Gasteiger partial charge < -0.3 is 20.4 Å². The van der Waals surface area contributed by atoms with Gasteiger partial charge in [-0.05, 0) is 47.2 Å². The molecule has 0 aliphatic heterocycles. The Balaban J connectivity index is 0.000000374. The molecule has 4 radical (unpaired) electrons. The molecule has 0 bridgehead atoms. The Morgan fingerprint density at radius 1 is 0.526 bits per heavy atom. The van der Waals surface area contributed by atoms with E-state index in [0.29, 0.717) is 10.8 Å². The number of carboxylic acid groups (broad SMARTS) is 2. The van der Waals surface area contributed by atoms with Crippen LogP contribution in [-0.2, 0) is 20.2 Å². The van der Waals surface area contributed by atoms with E-state index in [4.69, 9.17) is 33.4 Å². The molecule has 0 aromatic heterocycles. The number of fused-ring (bicyclic) bond motifs is 2. The Labute approximate surface area is 407 Å². The van der Waals surface area contributed by atoms with Gasteiger partial charge in [-0.1, -0.05) is 83.9 Å². The van der Waals surface area contributed by atoms with Crippen molar-refractivity contribution in [2.45, 2.75) is 9.79 Å². The summed E-state index contributed by atoms with van der Waals surface area (Å²) in [4.78, 5) is 21.0. The SMILES string of the molecule is O=C(O)c1cc(N=Nc2c(O)ccc3ccccc23)c(S(=O)(=O)O)cc1Cl.O=C(O)c1cc(N=Nc2c(O)ccc3ccccc23)c(S(=O)(=O)O)cc1Cl.[Ca].[Na].[Na]. The van der Waals surface area contributed by atoms with Crippen molar-refractivity contribution in [3.8, 4) is 11.5 Å². The maximum atomic E-state index is 11.6. The number of nitrogens with zero attached hydrogens (tertiary/aromatic N) is 4. The first kappa shape index (κ1) is 50.4. The fourth-order valence-electron chi connectivity index (χ4n) is 4.89. The van der Waals surface area contributed by atoms with E-state index in [1.54, 1.807) is 60.7 Å². The average molecular weight is 900 g/mol. The van der Waals surface area contributed by atoms with Crippen molar-refractivity contribution in [3.05, 3.63) is 118 Å². The molecule has 0 fully saturated rings. The van der Waals surface area contributed by atoms with Crippen LogP contribution in [0.5, 0.6) is 11.5 Å². The quantitative estimate of drug-likeness (QED) is 0.0482. The number of benzene rings is 6. The van der Waals surface area contributed by atoms with Crippen LogP contribution >= 0.6 is 23.2 Å². The fraction of sp³-hybridized carbons (Fsp3) is 0. The summed E-state index contributed by atoms with van der Waals surface area (Å²) in [6, 6.07) is 23.3. The summed E-state index contributed by atoms with van der Waals surface area (Å²) in [6.45, 7) is 0. The zero-order valence-electron chi connectivity index (χ0n) is 29.4. The summed E-state index contributed by atoms with van der Waals surface area (Å²) >= 11 is 11.5. The Kier molecular flexibility index (Phi) is 18.5. The van der Waals surface area contributed by atoms with E-state index in [9.17, 15) is 45.7 Å².